The van der Waals surface area contributed by atoms with E-state index in [1.54, 1.807) is 12.4 Å². The minimum atomic E-state index is -1.41. The number of amides is 3. The van der Waals surface area contributed by atoms with Crippen LogP contribution in [-0.2, 0) is 14.4 Å². The molecule has 178 valence electrons. The normalized spacial score (nSPS) is 20.6. The van der Waals surface area contributed by atoms with Crippen LogP contribution in [0.3, 0.4) is 0 Å². The van der Waals surface area contributed by atoms with Crippen molar-refractivity contribution in [3.05, 3.63) is 0 Å². The first-order valence-electron chi connectivity index (χ1n) is 11.5. The Labute approximate surface area is 185 Å². The molecule has 0 aliphatic carbocycles. The third-order valence-corrected chi connectivity index (χ3v) is 6.23. The maximum absolute atomic E-state index is 13.3. The molecular weight excluding hydrogens is 400 g/mol. The van der Waals surface area contributed by atoms with Crippen molar-refractivity contribution >= 4 is 23.5 Å². The molecule has 3 amide bonds. The van der Waals surface area contributed by atoms with Gasteiger partial charge in [0.1, 0.15) is 5.54 Å². The van der Waals surface area contributed by atoms with Crippen LogP contribution in [0, 0.1) is 5.92 Å². The molecule has 1 saturated heterocycles. The first-order valence-corrected chi connectivity index (χ1v) is 11.5. The standard InChI is InChI=1S/C22H40N4O5/c1-5-8-9-10-11-18(28)22(14-19(29)25-31)15-23-12-13-26(22)21(30)24-20(16(4)6-2)17(27)7-3/h16,20,23,31H,5-15H2,1-4H3,(H,24,30)(H,25,29)/t16-,20-,22+/m0/s1. The summed E-state index contributed by atoms with van der Waals surface area (Å²) in [6.07, 6.45) is 4.52. The lowest BCUT2D eigenvalue weighted by atomic mass is 9.83. The number of ketones is 2. The molecule has 0 bridgehead atoms. The highest BCUT2D eigenvalue weighted by atomic mass is 16.5. The van der Waals surface area contributed by atoms with Gasteiger partial charge < -0.3 is 15.5 Å². The maximum atomic E-state index is 13.3. The van der Waals surface area contributed by atoms with Crippen molar-refractivity contribution in [2.75, 3.05) is 19.6 Å². The Bertz CT molecular complexity index is 627. The fourth-order valence-corrected chi connectivity index (χ4v) is 4.05. The Morgan fingerprint density at radius 3 is 2.42 bits per heavy atom. The van der Waals surface area contributed by atoms with Gasteiger partial charge in [-0.3, -0.25) is 19.6 Å². The van der Waals surface area contributed by atoms with Crippen LogP contribution in [0.4, 0.5) is 4.79 Å². The zero-order valence-electron chi connectivity index (χ0n) is 19.5. The molecule has 0 aromatic rings. The van der Waals surface area contributed by atoms with Crippen LogP contribution in [0.25, 0.3) is 0 Å². The van der Waals surface area contributed by atoms with Crippen molar-refractivity contribution in [1.29, 1.82) is 0 Å². The number of nitrogens with one attached hydrogen (secondary N) is 3. The SMILES string of the molecule is CCCCCCC(=O)[C@@]1(CC(=O)NO)CNCCN1C(=O)N[C@H](C(=O)CC)[C@@H](C)CC. The van der Waals surface area contributed by atoms with Crippen molar-refractivity contribution < 1.29 is 24.4 Å². The Balaban J connectivity index is 3.17. The monoisotopic (exact) mass is 440 g/mol. The van der Waals surface area contributed by atoms with E-state index in [4.69, 9.17) is 5.21 Å². The Morgan fingerprint density at radius 1 is 1.13 bits per heavy atom. The average molecular weight is 441 g/mol. The quantitative estimate of drug-likeness (QED) is 0.197. The lowest BCUT2D eigenvalue weighted by Gasteiger charge is -2.46. The number of urea groups is 1. The van der Waals surface area contributed by atoms with Gasteiger partial charge in [0.15, 0.2) is 11.6 Å². The van der Waals surface area contributed by atoms with Crippen molar-refractivity contribution in [3.63, 3.8) is 0 Å². The number of unbranched alkanes of at least 4 members (excludes halogenated alkanes) is 3. The third-order valence-electron chi connectivity index (χ3n) is 6.23. The highest BCUT2D eigenvalue weighted by molar-refractivity contribution is 5.98. The van der Waals surface area contributed by atoms with Gasteiger partial charge in [-0.2, -0.15) is 0 Å². The molecule has 9 heteroatoms. The number of carbonyl (C=O) groups excluding carboxylic acids is 4. The molecule has 0 aromatic heterocycles. The molecule has 1 fully saturated rings. The third kappa shape index (κ3) is 7.28. The number of carbonyl (C=O) groups is 4. The second-order valence-corrected chi connectivity index (χ2v) is 8.44. The topological polar surface area (TPSA) is 128 Å². The lowest BCUT2D eigenvalue weighted by molar-refractivity contribution is -0.140. The molecular formula is C22H40N4O5. The number of nitrogens with zero attached hydrogens (tertiary/aromatic N) is 1. The number of hydrogen-bond donors (Lipinski definition) is 4. The van der Waals surface area contributed by atoms with Crippen LogP contribution >= 0.6 is 0 Å². The molecule has 3 atom stereocenters. The van der Waals surface area contributed by atoms with Gasteiger partial charge in [0.05, 0.1) is 12.5 Å². The van der Waals surface area contributed by atoms with Gasteiger partial charge in [-0.05, 0) is 12.3 Å². The van der Waals surface area contributed by atoms with Crippen LogP contribution in [-0.4, -0.2) is 64.8 Å². The highest BCUT2D eigenvalue weighted by Gasteiger charge is 2.49. The maximum Gasteiger partial charge on any atom is 0.318 e. The van der Waals surface area contributed by atoms with Crippen LogP contribution in [0.2, 0.25) is 0 Å². The van der Waals surface area contributed by atoms with Gasteiger partial charge in [0, 0.05) is 32.5 Å². The van der Waals surface area contributed by atoms with Gasteiger partial charge in [-0.15, -0.1) is 0 Å². The van der Waals surface area contributed by atoms with Crippen molar-refractivity contribution in [1.82, 2.24) is 21.0 Å². The summed E-state index contributed by atoms with van der Waals surface area (Å²) in [4.78, 5) is 52.6. The van der Waals surface area contributed by atoms with Crippen LogP contribution < -0.4 is 16.1 Å². The zero-order chi connectivity index (χ0) is 23.4. The van der Waals surface area contributed by atoms with E-state index in [-0.39, 0.29) is 43.4 Å². The minimum absolute atomic E-state index is 0.0563. The first kappa shape index (κ1) is 27.0. The summed E-state index contributed by atoms with van der Waals surface area (Å²) in [5.74, 6) is -1.07. The second-order valence-electron chi connectivity index (χ2n) is 8.44. The summed E-state index contributed by atoms with van der Waals surface area (Å²) >= 11 is 0. The zero-order valence-corrected chi connectivity index (χ0v) is 19.5. The molecule has 1 rings (SSSR count). The Morgan fingerprint density at radius 2 is 1.84 bits per heavy atom. The van der Waals surface area contributed by atoms with Gasteiger partial charge >= 0.3 is 6.03 Å². The van der Waals surface area contributed by atoms with Gasteiger partial charge in [-0.25, -0.2) is 10.3 Å². The van der Waals surface area contributed by atoms with E-state index in [1.165, 1.54) is 4.90 Å². The average Bonchev–Trinajstić information content (AvgIpc) is 2.78. The highest BCUT2D eigenvalue weighted by Crippen LogP contribution is 2.27. The van der Waals surface area contributed by atoms with E-state index in [2.05, 4.69) is 17.6 Å². The molecule has 0 aromatic carbocycles. The lowest BCUT2D eigenvalue weighted by Crippen LogP contribution is -2.70. The van der Waals surface area contributed by atoms with Crippen LogP contribution in [0.15, 0.2) is 0 Å². The van der Waals surface area contributed by atoms with Crippen LogP contribution in [0.1, 0.15) is 79.1 Å². The number of piperazine rings is 1. The van der Waals surface area contributed by atoms with E-state index in [9.17, 15) is 19.2 Å². The molecule has 31 heavy (non-hydrogen) atoms. The second kappa shape index (κ2) is 13.4. The van der Waals surface area contributed by atoms with E-state index in [0.29, 0.717) is 25.8 Å². The van der Waals surface area contributed by atoms with Crippen molar-refractivity contribution in [2.45, 2.75) is 90.6 Å². The van der Waals surface area contributed by atoms with E-state index in [0.717, 1.165) is 19.3 Å². The van der Waals surface area contributed by atoms with Gasteiger partial charge in [0.25, 0.3) is 0 Å². The molecule has 1 aliphatic rings. The fourth-order valence-electron chi connectivity index (χ4n) is 4.05. The summed E-state index contributed by atoms with van der Waals surface area (Å²) in [7, 11) is 0. The predicted octanol–water partition coefficient (Wildman–Crippen LogP) is 2.17. The molecule has 0 unspecified atom stereocenters. The molecule has 0 radical (unpaired) electrons. The summed E-state index contributed by atoms with van der Waals surface area (Å²) in [6, 6.07) is -1.18. The molecule has 0 saturated carbocycles. The number of hydrogen-bond acceptors (Lipinski definition) is 6. The molecule has 4 N–H and O–H groups in total. The summed E-state index contributed by atoms with van der Waals surface area (Å²) < 4.78 is 0. The molecule has 1 heterocycles. The smallest absolute Gasteiger partial charge is 0.318 e. The van der Waals surface area contributed by atoms with E-state index < -0.39 is 23.5 Å². The number of Topliss-reactive ketones (excluding diaryl/α,β-unsaturated/α-hetero) is 2. The van der Waals surface area contributed by atoms with Crippen LogP contribution in [0.5, 0.6) is 0 Å². The van der Waals surface area contributed by atoms with E-state index >= 15 is 0 Å². The summed E-state index contributed by atoms with van der Waals surface area (Å²) in [5.41, 5.74) is 0.186. The van der Waals surface area contributed by atoms with Gasteiger partial charge in [-0.1, -0.05) is 53.4 Å². The summed E-state index contributed by atoms with van der Waals surface area (Å²) in [6.45, 7) is 8.50. The first-order chi connectivity index (χ1) is 14.8. The largest absolute Gasteiger partial charge is 0.328 e. The Hall–Kier alpha value is -2.00. The molecule has 0 spiro atoms. The minimum Gasteiger partial charge on any atom is -0.328 e. The summed E-state index contributed by atoms with van der Waals surface area (Å²) in [5, 5.41) is 15.0. The van der Waals surface area contributed by atoms with Crippen molar-refractivity contribution in [3.8, 4) is 0 Å². The Kier molecular flexibility index (Phi) is 11.7. The molecule has 9 nitrogen and oxygen atoms in total. The number of hydroxylamine groups is 1. The predicted molar refractivity (Wildman–Crippen MR) is 118 cm³/mol. The van der Waals surface area contributed by atoms with Crippen molar-refractivity contribution in [2.24, 2.45) is 5.92 Å². The molecule has 1 aliphatic heterocycles. The van der Waals surface area contributed by atoms with Gasteiger partial charge in [0.2, 0.25) is 5.91 Å². The fraction of sp³-hybridized carbons (Fsp3) is 0.818. The number of rotatable bonds is 13. The van der Waals surface area contributed by atoms with E-state index in [1.807, 2.05) is 13.8 Å².